The van der Waals surface area contributed by atoms with Crippen molar-refractivity contribution < 1.29 is 24.4 Å². The number of H-pyrrole nitrogens is 1. The SMILES string of the molecule is O=C(CCCCCNC(=O)[C@H](Cc1c[nH]c2ccccc12)NC(=O)CC(=O)c1ccccc1)NO. The zero-order valence-corrected chi connectivity index (χ0v) is 19.4. The molecule has 3 amide bonds. The van der Waals surface area contributed by atoms with Crippen molar-refractivity contribution >= 4 is 34.4 Å². The first-order valence-electron chi connectivity index (χ1n) is 11.6. The van der Waals surface area contributed by atoms with E-state index >= 15 is 0 Å². The highest BCUT2D eigenvalue weighted by Crippen LogP contribution is 2.19. The lowest BCUT2D eigenvalue weighted by Crippen LogP contribution is -2.48. The lowest BCUT2D eigenvalue weighted by Gasteiger charge is -2.18. The van der Waals surface area contributed by atoms with Gasteiger partial charge in [0.05, 0.1) is 6.42 Å². The number of unbranched alkanes of at least 4 members (excludes halogenated alkanes) is 2. The summed E-state index contributed by atoms with van der Waals surface area (Å²) >= 11 is 0. The van der Waals surface area contributed by atoms with Gasteiger partial charge in [-0.2, -0.15) is 0 Å². The second kappa shape index (κ2) is 13.0. The molecule has 0 aliphatic heterocycles. The molecule has 3 rings (SSSR count). The molecular weight excluding hydrogens is 448 g/mol. The summed E-state index contributed by atoms with van der Waals surface area (Å²) in [5, 5.41) is 15.0. The van der Waals surface area contributed by atoms with Gasteiger partial charge in [-0.15, -0.1) is 0 Å². The van der Waals surface area contributed by atoms with Crippen molar-refractivity contribution in [3.63, 3.8) is 0 Å². The van der Waals surface area contributed by atoms with E-state index in [9.17, 15) is 19.2 Å². The molecule has 0 unspecified atom stereocenters. The van der Waals surface area contributed by atoms with Crippen molar-refractivity contribution in [3.8, 4) is 0 Å². The number of hydroxylamine groups is 1. The van der Waals surface area contributed by atoms with Gasteiger partial charge in [-0.05, 0) is 24.5 Å². The molecule has 0 spiro atoms. The topological polar surface area (TPSA) is 140 Å². The zero-order valence-electron chi connectivity index (χ0n) is 19.4. The van der Waals surface area contributed by atoms with Gasteiger partial charge in [0.2, 0.25) is 17.7 Å². The first-order chi connectivity index (χ1) is 17.0. The second-order valence-corrected chi connectivity index (χ2v) is 8.29. The third-order valence-corrected chi connectivity index (χ3v) is 5.67. The number of carbonyl (C=O) groups excluding carboxylic acids is 4. The van der Waals surface area contributed by atoms with Gasteiger partial charge in [-0.1, -0.05) is 55.0 Å². The molecule has 0 bridgehead atoms. The molecule has 1 aromatic heterocycles. The van der Waals surface area contributed by atoms with Gasteiger partial charge in [-0.3, -0.25) is 24.4 Å². The molecule has 5 N–H and O–H groups in total. The van der Waals surface area contributed by atoms with E-state index in [-0.39, 0.29) is 31.0 Å². The average Bonchev–Trinajstić information content (AvgIpc) is 3.28. The lowest BCUT2D eigenvalue weighted by atomic mass is 10.0. The fourth-order valence-corrected chi connectivity index (χ4v) is 3.83. The van der Waals surface area contributed by atoms with Crippen molar-refractivity contribution in [1.29, 1.82) is 0 Å². The summed E-state index contributed by atoms with van der Waals surface area (Å²) in [6.07, 6.45) is 3.85. The molecule has 9 heteroatoms. The second-order valence-electron chi connectivity index (χ2n) is 8.29. The molecule has 184 valence electrons. The van der Waals surface area contributed by atoms with Crippen LogP contribution in [0.5, 0.6) is 0 Å². The van der Waals surface area contributed by atoms with Crippen LogP contribution < -0.4 is 16.1 Å². The lowest BCUT2D eigenvalue weighted by molar-refractivity contribution is -0.129. The van der Waals surface area contributed by atoms with Crippen LogP contribution in [-0.2, 0) is 20.8 Å². The Balaban J connectivity index is 1.61. The molecule has 0 aliphatic rings. The van der Waals surface area contributed by atoms with Gasteiger partial charge >= 0.3 is 0 Å². The number of ketones is 1. The molecule has 1 atom stereocenters. The quantitative estimate of drug-likeness (QED) is 0.0845. The predicted octanol–water partition coefficient (Wildman–Crippen LogP) is 2.65. The Kier molecular flexibility index (Phi) is 9.56. The first kappa shape index (κ1) is 25.6. The molecule has 2 aromatic carbocycles. The van der Waals surface area contributed by atoms with Crippen LogP contribution in [0.1, 0.15) is 48.0 Å². The van der Waals surface area contributed by atoms with E-state index in [0.29, 0.717) is 31.4 Å². The van der Waals surface area contributed by atoms with Crippen LogP contribution in [0.3, 0.4) is 0 Å². The van der Waals surface area contributed by atoms with Gasteiger partial charge in [-0.25, -0.2) is 5.48 Å². The highest BCUT2D eigenvalue weighted by molar-refractivity contribution is 6.08. The number of aromatic amines is 1. The van der Waals surface area contributed by atoms with Crippen LogP contribution in [0.25, 0.3) is 10.9 Å². The third-order valence-electron chi connectivity index (χ3n) is 5.67. The molecule has 0 saturated heterocycles. The largest absolute Gasteiger partial charge is 0.361 e. The maximum Gasteiger partial charge on any atom is 0.243 e. The number of fused-ring (bicyclic) bond motifs is 1. The molecule has 0 saturated carbocycles. The first-order valence-corrected chi connectivity index (χ1v) is 11.6. The Bertz CT molecular complexity index is 1160. The molecule has 0 aliphatic carbocycles. The highest BCUT2D eigenvalue weighted by Gasteiger charge is 2.23. The van der Waals surface area contributed by atoms with Crippen LogP contribution in [0, 0.1) is 0 Å². The molecule has 0 fully saturated rings. The third kappa shape index (κ3) is 7.79. The number of nitrogens with one attached hydrogen (secondary N) is 4. The van der Waals surface area contributed by atoms with Crippen LogP contribution in [0.2, 0.25) is 0 Å². The van der Waals surface area contributed by atoms with E-state index in [4.69, 9.17) is 5.21 Å². The summed E-state index contributed by atoms with van der Waals surface area (Å²) in [7, 11) is 0. The van der Waals surface area contributed by atoms with Crippen molar-refractivity contribution in [2.75, 3.05) is 6.54 Å². The minimum atomic E-state index is -0.856. The Hall–Kier alpha value is -3.98. The van der Waals surface area contributed by atoms with Gasteiger partial charge < -0.3 is 15.6 Å². The van der Waals surface area contributed by atoms with Crippen molar-refractivity contribution in [1.82, 2.24) is 21.1 Å². The molecular formula is C26H30N4O5. The van der Waals surface area contributed by atoms with Crippen LogP contribution >= 0.6 is 0 Å². The monoisotopic (exact) mass is 478 g/mol. The fraction of sp³-hybridized carbons (Fsp3) is 0.308. The van der Waals surface area contributed by atoms with E-state index in [0.717, 1.165) is 16.5 Å². The fourth-order valence-electron chi connectivity index (χ4n) is 3.83. The maximum absolute atomic E-state index is 13.0. The van der Waals surface area contributed by atoms with Crippen LogP contribution in [0.15, 0.2) is 60.8 Å². The summed E-state index contributed by atoms with van der Waals surface area (Å²) in [5.74, 6) is -1.63. The number of benzene rings is 2. The van der Waals surface area contributed by atoms with E-state index < -0.39 is 17.9 Å². The Morgan fingerprint density at radius 1 is 0.886 bits per heavy atom. The van der Waals surface area contributed by atoms with E-state index in [1.807, 2.05) is 30.5 Å². The zero-order chi connectivity index (χ0) is 25.0. The summed E-state index contributed by atoms with van der Waals surface area (Å²) in [6.45, 7) is 0.378. The number of amides is 3. The van der Waals surface area contributed by atoms with Gasteiger partial charge in [0.25, 0.3) is 0 Å². The molecule has 0 radical (unpaired) electrons. The standard InChI is InChI=1S/C26H30N4O5/c31-23(18-9-3-1-4-10-18)16-25(33)29-22(15-19-17-28-21-12-7-6-11-20(19)21)26(34)27-14-8-2-5-13-24(32)30-35/h1,3-4,6-7,9-12,17,22,28,35H,2,5,8,13-16H2,(H,27,34)(H,29,33)(H,30,32)/t22-/m0/s1. The number of hydrogen-bond donors (Lipinski definition) is 5. The number of carbonyl (C=O) groups is 4. The Morgan fingerprint density at radius 3 is 2.40 bits per heavy atom. The smallest absolute Gasteiger partial charge is 0.243 e. The van der Waals surface area contributed by atoms with E-state index in [1.165, 1.54) is 0 Å². The van der Waals surface area contributed by atoms with Crippen molar-refractivity contribution in [2.24, 2.45) is 0 Å². The highest BCUT2D eigenvalue weighted by atomic mass is 16.5. The molecule has 1 heterocycles. The summed E-state index contributed by atoms with van der Waals surface area (Å²) in [6, 6.07) is 15.4. The number of aromatic nitrogens is 1. The van der Waals surface area contributed by atoms with Crippen LogP contribution in [0.4, 0.5) is 0 Å². The minimum absolute atomic E-state index is 0.207. The van der Waals surface area contributed by atoms with E-state index in [2.05, 4.69) is 15.6 Å². The number of rotatable bonds is 13. The summed E-state index contributed by atoms with van der Waals surface area (Å²) in [5.41, 5.74) is 3.84. The number of Topliss-reactive ketones (excluding diaryl/α,β-unsaturated/α-hetero) is 1. The van der Waals surface area contributed by atoms with Gasteiger partial charge in [0.15, 0.2) is 5.78 Å². The van der Waals surface area contributed by atoms with Gasteiger partial charge in [0.1, 0.15) is 6.04 Å². The summed E-state index contributed by atoms with van der Waals surface area (Å²) < 4.78 is 0. The van der Waals surface area contributed by atoms with Crippen molar-refractivity contribution in [2.45, 2.75) is 44.6 Å². The molecule has 9 nitrogen and oxygen atoms in total. The number of para-hydroxylation sites is 1. The Labute approximate surface area is 203 Å². The average molecular weight is 479 g/mol. The number of hydrogen-bond acceptors (Lipinski definition) is 5. The predicted molar refractivity (Wildman–Crippen MR) is 131 cm³/mol. The van der Waals surface area contributed by atoms with Gasteiger partial charge in [0, 0.05) is 42.0 Å². The Morgan fingerprint density at radius 2 is 1.63 bits per heavy atom. The van der Waals surface area contributed by atoms with Crippen molar-refractivity contribution in [3.05, 3.63) is 71.9 Å². The molecule has 3 aromatic rings. The van der Waals surface area contributed by atoms with E-state index in [1.54, 1.807) is 35.8 Å². The minimum Gasteiger partial charge on any atom is -0.361 e. The summed E-state index contributed by atoms with van der Waals surface area (Å²) in [4.78, 5) is 52.3. The molecule has 35 heavy (non-hydrogen) atoms. The van der Waals surface area contributed by atoms with Crippen LogP contribution in [-0.4, -0.2) is 46.3 Å². The normalized spacial score (nSPS) is 11.6. The maximum atomic E-state index is 13.0.